The van der Waals surface area contributed by atoms with E-state index < -0.39 is 0 Å². The highest BCUT2D eigenvalue weighted by Crippen LogP contribution is 2.74. The van der Waals surface area contributed by atoms with Crippen molar-refractivity contribution in [2.45, 2.75) is 39.4 Å². The Hall–Kier alpha value is -0.0200. The first-order valence-corrected chi connectivity index (χ1v) is 8.50. The van der Waals surface area contributed by atoms with Crippen LogP contribution in [0, 0.1) is 16.7 Å². The van der Waals surface area contributed by atoms with Crippen molar-refractivity contribution in [3.63, 3.8) is 0 Å². The number of ether oxygens (including phenoxy) is 1. The lowest BCUT2D eigenvalue weighted by molar-refractivity contribution is 0.338. The second kappa shape index (κ2) is 5.07. The zero-order valence-corrected chi connectivity index (χ0v) is 15.4. The molecule has 19 heavy (non-hydrogen) atoms. The average Bonchev–Trinajstić information content (AvgIpc) is 2.72. The van der Waals surface area contributed by atoms with Gasteiger partial charge >= 0.3 is 0 Å². The molecule has 0 spiro atoms. The van der Waals surface area contributed by atoms with Gasteiger partial charge in [-0.3, -0.25) is 0 Å². The molecule has 2 rings (SSSR count). The first-order valence-electron chi connectivity index (χ1n) is 6.79. The molecule has 1 aromatic carbocycles. The van der Waals surface area contributed by atoms with Gasteiger partial charge in [-0.2, -0.15) is 0 Å². The van der Waals surface area contributed by atoms with Crippen LogP contribution in [-0.2, 0) is 0 Å². The predicted octanol–water partition coefficient (Wildman–Crippen LogP) is 5.97. The molecule has 1 aliphatic carbocycles. The summed E-state index contributed by atoms with van der Waals surface area (Å²) in [7, 11) is 0. The molecule has 1 aromatic rings. The maximum absolute atomic E-state index is 5.57. The zero-order valence-electron chi connectivity index (χ0n) is 12.3. The third-order valence-electron chi connectivity index (χ3n) is 5.00. The van der Waals surface area contributed by atoms with Crippen molar-refractivity contribution in [1.29, 1.82) is 0 Å². The molecule has 3 heteroatoms. The Morgan fingerprint density at radius 1 is 1.21 bits per heavy atom. The molecule has 1 nitrogen and oxygen atoms in total. The van der Waals surface area contributed by atoms with Crippen LogP contribution in [0.25, 0.3) is 0 Å². The van der Waals surface area contributed by atoms with E-state index in [-0.39, 0.29) is 0 Å². The fraction of sp³-hybridized carbons (Fsp3) is 0.625. The topological polar surface area (TPSA) is 9.23 Å². The van der Waals surface area contributed by atoms with Gasteiger partial charge in [-0.15, -0.1) is 0 Å². The van der Waals surface area contributed by atoms with Crippen molar-refractivity contribution in [1.82, 2.24) is 0 Å². The summed E-state index contributed by atoms with van der Waals surface area (Å²) in [5, 5.41) is 0. The van der Waals surface area contributed by atoms with Gasteiger partial charge in [-0.05, 0) is 57.3 Å². The number of rotatable bonds is 4. The molecule has 0 saturated heterocycles. The number of benzene rings is 1. The van der Waals surface area contributed by atoms with E-state index in [4.69, 9.17) is 4.74 Å². The van der Waals surface area contributed by atoms with E-state index in [1.807, 2.05) is 6.92 Å². The lowest BCUT2D eigenvalue weighted by atomic mass is 10.0. The van der Waals surface area contributed by atoms with Crippen LogP contribution in [0.5, 0.6) is 5.75 Å². The third-order valence-corrected chi connectivity index (χ3v) is 6.68. The van der Waals surface area contributed by atoms with Gasteiger partial charge in [0.1, 0.15) is 5.75 Å². The molecule has 0 radical (unpaired) electrons. The molecule has 1 unspecified atom stereocenters. The van der Waals surface area contributed by atoms with E-state index in [1.165, 1.54) is 5.56 Å². The summed E-state index contributed by atoms with van der Waals surface area (Å²) in [6.07, 6.45) is 0. The normalized spacial score (nSPS) is 22.1. The summed E-state index contributed by atoms with van der Waals surface area (Å²) in [4.78, 5) is 0.393. The van der Waals surface area contributed by atoms with Gasteiger partial charge in [0.2, 0.25) is 0 Å². The number of alkyl halides is 1. The van der Waals surface area contributed by atoms with Crippen molar-refractivity contribution in [2.75, 3.05) is 6.61 Å². The van der Waals surface area contributed by atoms with Gasteiger partial charge in [-0.1, -0.05) is 49.7 Å². The lowest BCUT2D eigenvalue weighted by Crippen LogP contribution is -2.00. The van der Waals surface area contributed by atoms with Crippen LogP contribution in [0.15, 0.2) is 22.7 Å². The monoisotopic (exact) mass is 388 g/mol. The smallest absolute Gasteiger partial charge is 0.133 e. The standard InChI is InChI=1S/C16H22Br2O/c1-6-19-12-8-7-10(9-11(12)17)13(18)14-15(2,3)16(14,4)5/h7-9,13-14H,6H2,1-5H3. The third kappa shape index (κ3) is 2.49. The van der Waals surface area contributed by atoms with Crippen LogP contribution in [0.1, 0.15) is 45.0 Å². The molecular formula is C16H22Br2O. The van der Waals surface area contributed by atoms with Gasteiger partial charge in [-0.25, -0.2) is 0 Å². The minimum atomic E-state index is 0.381. The van der Waals surface area contributed by atoms with E-state index in [9.17, 15) is 0 Å². The maximum atomic E-state index is 5.57. The van der Waals surface area contributed by atoms with Crippen LogP contribution in [0.4, 0.5) is 0 Å². The highest BCUT2D eigenvalue weighted by atomic mass is 79.9. The zero-order chi connectivity index (χ0) is 14.4. The minimum Gasteiger partial charge on any atom is -0.493 e. The molecule has 0 bridgehead atoms. The Labute approximate surface area is 133 Å². The average molecular weight is 390 g/mol. The van der Waals surface area contributed by atoms with E-state index in [2.05, 4.69) is 77.8 Å². The fourth-order valence-corrected chi connectivity index (χ4v) is 5.25. The highest BCUT2D eigenvalue weighted by Gasteiger charge is 2.66. The molecule has 0 amide bonds. The van der Waals surface area contributed by atoms with Crippen LogP contribution in [0.2, 0.25) is 0 Å². The summed E-state index contributed by atoms with van der Waals surface area (Å²) in [6.45, 7) is 12.1. The van der Waals surface area contributed by atoms with Crippen molar-refractivity contribution >= 4 is 31.9 Å². The predicted molar refractivity (Wildman–Crippen MR) is 88.0 cm³/mol. The number of hydrogen-bond acceptors (Lipinski definition) is 1. The van der Waals surface area contributed by atoms with Crippen molar-refractivity contribution in [3.05, 3.63) is 28.2 Å². The van der Waals surface area contributed by atoms with E-state index in [0.717, 1.165) is 10.2 Å². The van der Waals surface area contributed by atoms with Gasteiger partial charge < -0.3 is 4.74 Å². The van der Waals surface area contributed by atoms with Crippen LogP contribution in [-0.4, -0.2) is 6.61 Å². The molecule has 0 heterocycles. The van der Waals surface area contributed by atoms with E-state index >= 15 is 0 Å². The fourth-order valence-electron chi connectivity index (χ4n) is 3.13. The first kappa shape index (κ1) is 15.4. The van der Waals surface area contributed by atoms with Gasteiger partial charge in [0.05, 0.1) is 11.1 Å². The molecule has 1 saturated carbocycles. The van der Waals surface area contributed by atoms with E-state index in [1.54, 1.807) is 0 Å². The summed E-state index contributed by atoms with van der Waals surface area (Å²) in [5.74, 6) is 1.57. The number of halogens is 2. The minimum absolute atomic E-state index is 0.381. The Kier molecular flexibility index (Phi) is 4.10. The molecule has 0 N–H and O–H groups in total. The second-order valence-corrected chi connectivity index (χ2v) is 8.29. The summed E-state index contributed by atoms with van der Waals surface area (Å²) >= 11 is 7.50. The molecule has 0 aromatic heterocycles. The van der Waals surface area contributed by atoms with Crippen LogP contribution < -0.4 is 4.74 Å². The summed E-state index contributed by atoms with van der Waals surface area (Å²) < 4.78 is 6.60. The second-order valence-electron chi connectivity index (χ2n) is 6.45. The number of hydrogen-bond donors (Lipinski definition) is 0. The molecule has 1 atom stereocenters. The van der Waals surface area contributed by atoms with Crippen LogP contribution in [0.3, 0.4) is 0 Å². The van der Waals surface area contributed by atoms with Gasteiger partial charge in [0.15, 0.2) is 0 Å². The lowest BCUT2D eigenvalue weighted by Gasteiger charge is -2.14. The van der Waals surface area contributed by atoms with Gasteiger partial charge in [0, 0.05) is 4.83 Å². The SMILES string of the molecule is CCOc1ccc(C(Br)C2C(C)(C)C2(C)C)cc1Br. The largest absolute Gasteiger partial charge is 0.493 e. The van der Waals surface area contributed by atoms with Crippen molar-refractivity contribution in [2.24, 2.45) is 16.7 Å². The molecule has 1 fully saturated rings. The first-order chi connectivity index (χ1) is 8.73. The Morgan fingerprint density at radius 3 is 2.21 bits per heavy atom. The summed E-state index contributed by atoms with van der Waals surface area (Å²) in [5.41, 5.74) is 2.08. The molecule has 1 aliphatic rings. The molecular weight excluding hydrogens is 368 g/mol. The van der Waals surface area contributed by atoms with Gasteiger partial charge in [0.25, 0.3) is 0 Å². The highest BCUT2D eigenvalue weighted by molar-refractivity contribution is 9.10. The molecule has 106 valence electrons. The van der Waals surface area contributed by atoms with E-state index in [0.29, 0.717) is 28.2 Å². The Balaban J connectivity index is 2.22. The van der Waals surface area contributed by atoms with Crippen molar-refractivity contribution in [3.8, 4) is 5.75 Å². The molecule has 0 aliphatic heterocycles. The van der Waals surface area contributed by atoms with Crippen molar-refractivity contribution < 1.29 is 4.74 Å². The Bertz CT molecular complexity index is 466. The maximum Gasteiger partial charge on any atom is 0.133 e. The van der Waals surface area contributed by atoms with Crippen LogP contribution >= 0.6 is 31.9 Å². The Morgan fingerprint density at radius 2 is 1.79 bits per heavy atom. The quantitative estimate of drug-likeness (QED) is 0.576. The summed E-state index contributed by atoms with van der Waals surface area (Å²) in [6, 6.07) is 6.40.